The molecule has 0 aliphatic rings. The number of nitrogens with one attached hydrogen (secondary N) is 2. The highest BCUT2D eigenvalue weighted by Crippen LogP contribution is 2.32. The largest absolute Gasteiger partial charge is 0.375 e. The topological polar surface area (TPSA) is 44.4 Å². The lowest BCUT2D eigenvalue weighted by molar-refractivity contribution is -0.116. The van der Waals surface area contributed by atoms with Gasteiger partial charge in [0.05, 0.1) is 16.4 Å². The molecule has 0 heterocycles. The van der Waals surface area contributed by atoms with Crippen molar-refractivity contribution >= 4 is 28.9 Å². The lowest BCUT2D eigenvalue weighted by atomic mass is 10.2. The average Bonchev–Trinajstić information content (AvgIpc) is 2.28. The second-order valence-electron chi connectivity index (χ2n) is 4.74. The van der Waals surface area contributed by atoms with E-state index in [4.69, 9.17) is 11.6 Å². The SMILES string of the molecule is CCNC(C)CC(=O)Nc1cccc(Cl)c1N(C)C. The molecule has 0 aliphatic carbocycles. The van der Waals surface area contributed by atoms with Gasteiger partial charge in [0.15, 0.2) is 0 Å². The zero-order valence-corrected chi connectivity index (χ0v) is 12.7. The van der Waals surface area contributed by atoms with E-state index in [9.17, 15) is 4.79 Å². The van der Waals surface area contributed by atoms with E-state index < -0.39 is 0 Å². The van der Waals surface area contributed by atoms with Crippen molar-refractivity contribution < 1.29 is 4.79 Å². The molecule has 19 heavy (non-hydrogen) atoms. The number of nitrogens with zero attached hydrogens (tertiary/aromatic N) is 1. The van der Waals surface area contributed by atoms with E-state index in [0.29, 0.717) is 11.4 Å². The van der Waals surface area contributed by atoms with Crippen LogP contribution in [0.2, 0.25) is 5.02 Å². The molecule has 0 fully saturated rings. The van der Waals surface area contributed by atoms with Crippen LogP contribution in [0.1, 0.15) is 20.3 Å². The number of anilines is 2. The molecule has 0 aliphatic heterocycles. The lowest BCUT2D eigenvalue weighted by Crippen LogP contribution is -2.30. The van der Waals surface area contributed by atoms with Crippen LogP contribution in [0.15, 0.2) is 18.2 Å². The van der Waals surface area contributed by atoms with Gasteiger partial charge in [-0.15, -0.1) is 0 Å². The molecule has 1 unspecified atom stereocenters. The number of hydrogen-bond donors (Lipinski definition) is 2. The third kappa shape index (κ3) is 4.73. The molecule has 0 bridgehead atoms. The highest BCUT2D eigenvalue weighted by atomic mass is 35.5. The van der Waals surface area contributed by atoms with Crippen LogP contribution in [-0.2, 0) is 4.79 Å². The molecule has 1 rings (SSSR count). The Morgan fingerprint density at radius 1 is 1.42 bits per heavy atom. The minimum atomic E-state index is -0.0150. The maximum Gasteiger partial charge on any atom is 0.225 e. The zero-order valence-electron chi connectivity index (χ0n) is 12.0. The Balaban J connectivity index is 2.77. The van der Waals surface area contributed by atoms with E-state index in [-0.39, 0.29) is 11.9 Å². The Bertz CT molecular complexity index is 435. The Labute approximate surface area is 120 Å². The van der Waals surface area contributed by atoms with Gasteiger partial charge < -0.3 is 15.5 Å². The van der Waals surface area contributed by atoms with Crippen LogP contribution in [0.25, 0.3) is 0 Å². The molecule has 1 amide bonds. The third-order valence-corrected chi connectivity index (χ3v) is 3.06. The number of benzene rings is 1. The predicted molar refractivity (Wildman–Crippen MR) is 82.2 cm³/mol. The van der Waals surface area contributed by atoms with Crippen LogP contribution >= 0.6 is 11.6 Å². The summed E-state index contributed by atoms with van der Waals surface area (Å²) in [5, 5.41) is 6.76. The van der Waals surface area contributed by atoms with Crippen molar-refractivity contribution in [2.24, 2.45) is 0 Å². The molecular formula is C14H22ClN3O. The normalized spacial score (nSPS) is 12.1. The molecule has 4 nitrogen and oxygen atoms in total. The number of hydrogen-bond acceptors (Lipinski definition) is 3. The van der Waals surface area contributed by atoms with Crippen LogP contribution < -0.4 is 15.5 Å². The first-order chi connectivity index (χ1) is 8.95. The van der Waals surface area contributed by atoms with Gasteiger partial charge in [-0.05, 0) is 25.6 Å². The molecule has 106 valence electrons. The van der Waals surface area contributed by atoms with Gasteiger partial charge in [-0.2, -0.15) is 0 Å². The summed E-state index contributed by atoms with van der Waals surface area (Å²) < 4.78 is 0. The van der Waals surface area contributed by atoms with Crippen LogP contribution in [0.3, 0.4) is 0 Å². The van der Waals surface area contributed by atoms with Crippen LogP contribution in [0, 0.1) is 0 Å². The van der Waals surface area contributed by atoms with Crippen LogP contribution in [-0.4, -0.2) is 32.6 Å². The molecule has 5 heteroatoms. The first-order valence-corrected chi connectivity index (χ1v) is 6.82. The number of carbonyl (C=O) groups excluding carboxylic acids is 1. The van der Waals surface area contributed by atoms with E-state index in [0.717, 1.165) is 17.9 Å². The fourth-order valence-electron chi connectivity index (χ4n) is 1.97. The summed E-state index contributed by atoms with van der Waals surface area (Å²) in [5.74, 6) is -0.0150. The van der Waals surface area contributed by atoms with Gasteiger partial charge in [-0.25, -0.2) is 0 Å². The molecule has 1 atom stereocenters. The fourth-order valence-corrected chi connectivity index (χ4v) is 2.31. The second kappa shape index (κ2) is 7.36. The highest BCUT2D eigenvalue weighted by molar-refractivity contribution is 6.34. The van der Waals surface area contributed by atoms with Gasteiger partial charge >= 0.3 is 0 Å². The van der Waals surface area contributed by atoms with E-state index in [1.54, 1.807) is 0 Å². The molecule has 1 aromatic carbocycles. The predicted octanol–water partition coefficient (Wildman–Crippen LogP) is 2.73. The zero-order chi connectivity index (χ0) is 14.4. The van der Waals surface area contributed by atoms with Crippen molar-refractivity contribution in [3.63, 3.8) is 0 Å². The van der Waals surface area contributed by atoms with Gasteiger partial charge in [0.2, 0.25) is 5.91 Å². The first kappa shape index (κ1) is 15.8. The minimum Gasteiger partial charge on any atom is -0.375 e. The number of carbonyl (C=O) groups is 1. The van der Waals surface area contributed by atoms with Gasteiger partial charge in [0, 0.05) is 26.6 Å². The Kier molecular flexibility index (Phi) is 6.12. The van der Waals surface area contributed by atoms with Crippen molar-refractivity contribution in [2.75, 3.05) is 30.9 Å². The molecule has 0 spiro atoms. The summed E-state index contributed by atoms with van der Waals surface area (Å²) in [6.07, 6.45) is 0.438. The van der Waals surface area contributed by atoms with Gasteiger partial charge in [0.25, 0.3) is 0 Å². The van der Waals surface area contributed by atoms with E-state index in [1.165, 1.54) is 0 Å². The monoisotopic (exact) mass is 283 g/mol. The first-order valence-electron chi connectivity index (χ1n) is 6.44. The number of halogens is 1. The van der Waals surface area contributed by atoms with E-state index in [1.807, 2.05) is 51.0 Å². The quantitative estimate of drug-likeness (QED) is 0.844. The number of amides is 1. The smallest absolute Gasteiger partial charge is 0.225 e. The average molecular weight is 284 g/mol. The molecule has 0 saturated heterocycles. The standard InChI is InChI=1S/C14H22ClN3O/c1-5-16-10(2)9-13(19)17-12-8-6-7-11(15)14(12)18(3)4/h6-8,10,16H,5,9H2,1-4H3,(H,17,19). The van der Waals surface area contributed by atoms with Crippen molar-refractivity contribution in [2.45, 2.75) is 26.3 Å². The molecule has 2 N–H and O–H groups in total. The minimum absolute atomic E-state index is 0.0150. The van der Waals surface area contributed by atoms with Gasteiger partial charge in [0.1, 0.15) is 0 Å². The number of rotatable bonds is 6. The molecule has 0 aromatic heterocycles. The van der Waals surface area contributed by atoms with Crippen LogP contribution in [0.4, 0.5) is 11.4 Å². The summed E-state index contributed by atoms with van der Waals surface area (Å²) in [6.45, 7) is 4.87. The van der Waals surface area contributed by atoms with E-state index >= 15 is 0 Å². The summed E-state index contributed by atoms with van der Waals surface area (Å²) in [5.41, 5.74) is 1.57. The maximum atomic E-state index is 12.0. The van der Waals surface area contributed by atoms with Gasteiger partial charge in [-0.1, -0.05) is 24.6 Å². The van der Waals surface area contributed by atoms with Crippen molar-refractivity contribution in [1.29, 1.82) is 0 Å². The second-order valence-corrected chi connectivity index (χ2v) is 5.15. The molecule has 1 aromatic rings. The maximum absolute atomic E-state index is 12.0. The van der Waals surface area contributed by atoms with E-state index in [2.05, 4.69) is 10.6 Å². The highest BCUT2D eigenvalue weighted by Gasteiger charge is 2.13. The Morgan fingerprint density at radius 3 is 2.68 bits per heavy atom. The summed E-state index contributed by atoms with van der Waals surface area (Å²) in [4.78, 5) is 13.9. The molecule has 0 radical (unpaired) electrons. The summed E-state index contributed by atoms with van der Waals surface area (Å²) >= 11 is 6.16. The van der Waals surface area contributed by atoms with Crippen molar-refractivity contribution in [3.05, 3.63) is 23.2 Å². The molecular weight excluding hydrogens is 262 g/mol. The number of para-hydroxylation sites is 1. The fraction of sp³-hybridized carbons (Fsp3) is 0.500. The Morgan fingerprint density at radius 2 is 2.11 bits per heavy atom. The lowest BCUT2D eigenvalue weighted by Gasteiger charge is -2.20. The Hall–Kier alpha value is -1.26. The third-order valence-electron chi connectivity index (χ3n) is 2.75. The summed E-state index contributed by atoms with van der Waals surface area (Å²) in [6, 6.07) is 5.66. The van der Waals surface area contributed by atoms with Crippen LogP contribution in [0.5, 0.6) is 0 Å². The van der Waals surface area contributed by atoms with Gasteiger partial charge in [-0.3, -0.25) is 4.79 Å². The van der Waals surface area contributed by atoms with Crippen molar-refractivity contribution in [3.8, 4) is 0 Å². The summed E-state index contributed by atoms with van der Waals surface area (Å²) in [7, 11) is 3.80. The van der Waals surface area contributed by atoms with Crippen molar-refractivity contribution in [1.82, 2.24) is 5.32 Å². The molecule has 0 saturated carbocycles.